The van der Waals surface area contributed by atoms with E-state index in [4.69, 9.17) is 69.6 Å². The van der Waals surface area contributed by atoms with Crippen LogP contribution in [0.4, 0.5) is 11.4 Å². The second-order valence-corrected chi connectivity index (χ2v) is 6.06. The molecule has 2 aromatic rings. The van der Waals surface area contributed by atoms with Crippen molar-refractivity contribution < 1.29 is 0 Å². The van der Waals surface area contributed by atoms with Crippen molar-refractivity contribution in [3.63, 3.8) is 0 Å². The Morgan fingerprint density at radius 1 is 0.667 bits per heavy atom. The van der Waals surface area contributed by atoms with Gasteiger partial charge in [-0.25, -0.2) is 0 Å². The molecule has 0 amide bonds. The molecule has 21 heavy (non-hydrogen) atoms. The number of hydrogen-bond donors (Lipinski definition) is 1. The zero-order valence-corrected chi connectivity index (χ0v) is 14.5. The second-order valence-electron chi connectivity index (χ2n) is 3.73. The van der Waals surface area contributed by atoms with Crippen LogP contribution in [-0.2, 0) is 0 Å². The third-order valence-corrected chi connectivity index (χ3v) is 4.96. The summed E-state index contributed by atoms with van der Waals surface area (Å²) >= 11 is 35.5. The normalized spacial score (nSPS) is 11.1. The van der Waals surface area contributed by atoms with Gasteiger partial charge >= 0.3 is 0 Å². The molecule has 2 aromatic carbocycles. The van der Waals surface area contributed by atoms with Gasteiger partial charge in [-0.15, -0.1) is 5.11 Å². The Labute approximate surface area is 150 Å². The third kappa shape index (κ3) is 3.86. The minimum absolute atomic E-state index is 0.204. The minimum Gasteiger partial charge on any atom is -0.258 e. The molecule has 0 aliphatic rings. The lowest BCUT2D eigenvalue weighted by molar-refractivity contribution is 1.13. The molecule has 0 aliphatic heterocycles. The summed E-state index contributed by atoms with van der Waals surface area (Å²) in [6.07, 6.45) is 0. The first-order valence-corrected chi connectivity index (χ1v) is 7.62. The van der Waals surface area contributed by atoms with Gasteiger partial charge in [-0.3, -0.25) is 5.43 Å². The van der Waals surface area contributed by atoms with E-state index in [2.05, 4.69) is 15.8 Å². The maximum absolute atomic E-state index is 6.01. The predicted octanol–water partition coefficient (Wildman–Crippen LogP) is 7.72. The number of halogens is 6. The summed E-state index contributed by atoms with van der Waals surface area (Å²) < 4.78 is 0. The van der Waals surface area contributed by atoms with Gasteiger partial charge in [0, 0.05) is 0 Å². The molecule has 0 fully saturated rings. The number of rotatable bonds is 3. The Morgan fingerprint density at radius 2 is 1.24 bits per heavy atom. The highest BCUT2D eigenvalue weighted by molar-refractivity contribution is 6.49. The summed E-state index contributed by atoms with van der Waals surface area (Å²) in [6, 6.07) is 6.35. The number of benzene rings is 2. The fourth-order valence-electron chi connectivity index (χ4n) is 1.34. The minimum atomic E-state index is 0.204. The van der Waals surface area contributed by atoms with Crippen molar-refractivity contribution in [3.8, 4) is 0 Å². The molecule has 0 spiro atoms. The highest BCUT2D eigenvalue weighted by Crippen LogP contribution is 2.38. The Bertz CT molecular complexity index is 717. The molecule has 0 saturated carbocycles. The van der Waals surface area contributed by atoms with Crippen molar-refractivity contribution in [2.24, 2.45) is 10.3 Å². The van der Waals surface area contributed by atoms with E-state index in [1.807, 2.05) is 0 Å². The van der Waals surface area contributed by atoms with Gasteiger partial charge in [0.25, 0.3) is 0 Å². The first-order valence-electron chi connectivity index (χ1n) is 5.35. The fraction of sp³-hybridized carbons (Fsp3) is 0. The molecule has 0 aromatic heterocycles. The topological polar surface area (TPSA) is 36.8 Å². The Hall–Kier alpha value is -0.420. The van der Waals surface area contributed by atoms with Crippen LogP contribution in [-0.4, -0.2) is 0 Å². The maximum Gasteiger partial charge on any atom is 0.108 e. The van der Waals surface area contributed by atoms with E-state index in [0.29, 0.717) is 21.4 Å². The van der Waals surface area contributed by atoms with Gasteiger partial charge < -0.3 is 0 Å². The molecule has 0 atom stereocenters. The summed E-state index contributed by atoms with van der Waals surface area (Å²) in [5.41, 5.74) is 3.45. The van der Waals surface area contributed by atoms with E-state index >= 15 is 0 Å². The van der Waals surface area contributed by atoms with Crippen LogP contribution < -0.4 is 5.43 Å². The lowest BCUT2D eigenvalue weighted by Gasteiger charge is -2.05. The van der Waals surface area contributed by atoms with E-state index in [-0.39, 0.29) is 20.1 Å². The molecule has 2 rings (SSSR count). The van der Waals surface area contributed by atoms with Crippen molar-refractivity contribution in [2.45, 2.75) is 0 Å². The highest BCUT2D eigenvalue weighted by Gasteiger charge is 2.09. The van der Waals surface area contributed by atoms with Crippen molar-refractivity contribution in [1.29, 1.82) is 0 Å². The van der Waals surface area contributed by atoms with Crippen LogP contribution in [0.3, 0.4) is 0 Å². The van der Waals surface area contributed by atoms with Crippen LogP contribution in [0.25, 0.3) is 0 Å². The Morgan fingerprint density at radius 3 is 1.90 bits per heavy atom. The number of anilines is 1. The van der Waals surface area contributed by atoms with Crippen molar-refractivity contribution in [3.05, 3.63) is 54.4 Å². The van der Waals surface area contributed by atoms with Crippen LogP contribution >= 0.6 is 69.6 Å². The van der Waals surface area contributed by atoms with Crippen LogP contribution in [0, 0.1) is 0 Å². The Kier molecular flexibility index (Phi) is 5.83. The van der Waals surface area contributed by atoms with Gasteiger partial charge in [-0.05, 0) is 24.3 Å². The molecule has 0 bridgehead atoms. The molecule has 0 aliphatic carbocycles. The lowest BCUT2D eigenvalue weighted by atomic mass is 10.3. The van der Waals surface area contributed by atoms with Gasteiger partial charge in [-0.1, -0.05) is 74.8 Å². The quantitative estimate of drug-likeness (QED) is 0.318. The molecular weight excluding hydrogens is 399 g/mol. The summed E-state index contributed by atoms with van der Waals surface area (Å²) in [4.78, 5) is 0. The number of hydrogen-bond acceptors (Lipinski definition) is 2. The zero-order chi connectivity index (χ0) is 15.6. The Balaban J connectivity index is 2.21. The van der Waals surface area contributed by atoms with Gasteiger partial charge in [-0.2, -0.15) is 0 Å². The highest BCUT2D eigenvalue weighted by atomic mass is 35.5. The first kappa shape index (κ1) is 16.9. The molecular formula is C12H5Cl6N3. The average Bonchev–Trinajstić information content (AvgIpc) is 2.47. The predicted molar refractivity (Wildman–Crippen MR) is 91.1 cm³/mol. The summed E-state index contributed by atoms with van der Waals surface area (Å²) in [5.74, 6) is 0. The van der Waals surface area contributed by atoms with E-state index in [0.717, 1.165) is 0 Å². The molecule has 0 radical (unpaired) electrons. The largest absolute Gasteiger partial charge is 0.258 e. The molecule has 0 heterocycles. The second kappa shape index (κ2) is 7.23. The van der Waals surface area contributed by atoms with Crippen LogP contribution in [0.1, 0.15) is 0 Å². The average molecular weight is 404 g/mol. The lowest BCUT2D eigenvalue weighted by Crippen LogP contribution is -1.88. The maximum atomic E-state index is 6.01. The van der Waals surface area contributed by atoms with E-state index in [1.165, 1.54) is 0 Å². The smallest absolute Gasteiger partial charge is 0.108 e. The summed E-state index contributed by atoms with van der Waals surface area (Å²) in [6.45, 7) is 0. The molecule has 0 unspecified atom stereocenters. The van der Waals surface area contributed by atoms with Crippen LogP contribution in [0.2, 0.25) is 30.1 Å². The zero-order valence-electron chi connectivity index (χ0n) is 9.97. The van der Waals surface area contributed by atoms with Crippen molar-refractivity contribution >= 4 is 81.0 Å². The molecule has 1 N–H and O–H groups in total. The van der Waals surface area contributed by atoms with Crippen LogP contribution in [0.15, 0.2) is 34.6 Å². The fourth-order valence-corrected chi connectivity index (χ4v) is 2.48. The molecule has 9 heteroatoms. The number of nitrogens with one attached hydrogen (secondary N) is 1. The standard InChI is InChI=1S/C12H5Cl6N3/c13-5-1-3-7(11(17)9(5)15)19-21-20-8-4-2-6(14)10(16)12(8)18/h1-4H,(H,19,20). The van der Waals surface area contributed by atoms with Crippen LogP contribution in [0.5, 0.6) is 0 Å². The molecule has 0 saturated heterocycles. The SMILES string of the molecule is Clc1ccc(N=NNc2ccc(Cl)c(Cl)c2Cl)c(Cl)c1Cl. The monoisotopic (exact) mass is 401 g/mol. The van der Waals surface area contributed by atoms with Crippen molar-refractivity contribution in [1.82, 2.24) is 0 Å². The van der Waals surface area contributed by atoms with E-state index in [9.17, 15) is 0 Å². The van der Waals surface area contributed by atoms with E-state index in [1.54, 1.807) is 24.3 Å². The van der Waals surface area contributed by atoms with Crippen molar-refractivity contribution in [2.75, 3.05) is 5.43 Å². The van der Waals surface area contributed by atoms with Gasteiger partial charge in [0.2, 0.25) is 0 Å². The van der Waals surface area contributed by atoms with E-state index < -0.39 is 0 Å². The summed E-state index contributed by atoms with van der Waals surface area (Å²) in [7, 11) is 0. The summed E-state index contributed by atoms with van der Waals surface area (Å²) in [5, 5.41) is 9.24. The van der Waals surface area contributed by atoms with Gasteiger partial charge in [0.1, 0.15) is 5.69 Å². The van der Waals surface area contributed by atoms with Gasteiger partial charge in [0.15, 0.2) is 0 Å². The number of nitrogens with zero attached hydrogens (tertiary/aromatic N) is 2. The first-order chi connectivity index (χ1) is 9.91. The molecule has 110 valence electrons. The van der Waals surface area contributed by atoms with Gasteiger partial charge in [0.05, 0.1) is 35.8 Å². The molecule has 3 nitrogen and oxygen atoms in total. The third-order valence-electron chi connectivity index (χ3n) is 2.38.